The Labute approximate surface area is 117 Å². The minimum Gasteiger partial charge on any atom is -0.369 e. The molecule has 20 heavy (non-hydrogen) atoms. The van der Waals surface area contributed by atoms with Gasteiger partial charge >= 0.3 is 0 Å². The summed E-state index contributed by atoms with van der Waals surface area (Å²) in [7, 11) is 2.01. The second-order valence-corrected chi connectivity index (χ2v) is 4.74. The molecule has 0 amide bonds. The Morgan fingerprint density at radius 2 is 2.20 bits per heavy atom. The smallest absolute Gasteiger partial charge is 0.143 e. The largest absolute Gasteiger partial charge is 0.369 e. The van der Waals surface area contributed by atoms with Crippen LogP contribution in [0.2, 0.25) is 0 Å². The lowest BCUT2D eigenvalue weighted by Gasteiger charge is -2.07. The van der Waals surface area contributed by atoms with Gasteiger partial charge in [0.25, 0.3) is 0 Å². The van der Waals surface area contributed by atoms with Gasteiger partial charge in [-0.05, 0) is 12.0 Å². The predicted molar refractivity (Wildman–Crippen MR) is 78.7 cm³/mol. The quantitative estimate of drug-likeness (QED) is 0.743. The zero-order valence-electron chi connectivity index (χ0n) is 11.7. The molecule has 0 aliphatic rings. The topological polar surface area (TPSA) is 71.4 Å². The number of rotatable bonds is 5. The van der Waals surface area contributed by atoms with Gasteiger partial charge in [-0.25, -0.2) is 15.0 Å². The molecule has 6 heteroatoms. The summed E-state index contributed by atoms with van der Waals surface area (Å²) in [4.78, 5) is 16.1. The molecule has 0 spiro atoms. The number of nitrogens with one attached hydrogen (secondary N) is 2. The molecular formula is C14H18N6. The highest BCUT2D eigenvalue weighted by molar-refractivity contribution is 5.90. The van der Waals surface area contributed by atoms with E-state index in [9.17, 15) is 0 Å². The summed E-state index contributed by atoms with van der Waals surface area (Å²) < 4.78 is 2.03. The van der Waals surface area contributed by atoms with Crippen LogP contribution in [0, 0.1) is 0 Å². The summed E-state index contributed by atoms with van der Waals surface area (Å²) in [5, 5.41) is 4.48. The maximum absolute atomic E-state index is 4.36. The third-order valence-electron chi connectivity index (χ3n) is 3.49. The van der Waals surface area contributed by atoms with Gasteiger partial charge in [0.15, 0.2) is 0 Å². The van der Waals surface area contributed by atoms with Crippen LogP contribution in [0.1, 0.15) is 18.3 Å². The standard InChI is InChI=1S/C14H18N6/c1-3-10-8-17-14-12(10)13(18-9-19-14)16-5-4-11-15-6-7-20(11)2/h6-9H,3-5H2,1-2H3,(H2,16,17,18,19). The Morgan fingerprint density at radius 1 is 1.30 bits per heavy atom. The number of fused-ring (bicyclic) bond motifs is 1. The van der Waals surface area contributed by atoms with Crippen LogP contribution in [0.15, 0.2) is 24.9 Å². The monoisotopic (exact) mass is 270 g/mol. The number of nitrogens with zero attached hydrogens (tertiary/aromatic N) is 4. The van der Waals surface area contributed by atoms with E-state index in [2.05, 4.69) is 32.2 Å². The van der Waals surface area contributed by atoms with E-state index in [0.717, 1.165) is 42.1 Å². The van der Waals surface area contributed by atoms with Crippen molar-refractivity contribution in [3.8, 4) is 0 Å². The van der Waals surface area contributed by atoms with Crippen LogP contribution < -0.4 is 5.32 Å². The molecule has 2 N–H and O–H groups in total. The molecule has 0 saturated carbocycles. The van der Waals surface area contributed by atoms with Gasteiger partial charge in [0.05, 0.1) is 5.39 Å². The van der Waals surface area contributed by atoms with Gasteiger partial charge in [-0.2, -0.15) is 0 Å². The molecular weight excluding hydrogens is 252 g/mol. The highest BCUT2D eigenvalue weighted by Crippen LogP contribution is 2.23. The molecule has 0 aliphatic heterocycles. The summed E-state index contributed by atoms with van der Waals surface area (Å²) in [6, 6.07) is 0. The number of anilines is 1. The van der Waals surface area contributed by atoms with Crippen molar-refractivity contribution in [2.45, 2.75) is 19.8 Å². The summed E-state index contributed by atoms with van der Waals surface area (Å²) >= 11 is 0. The molecule has 0 aliphatic carbocycles. The fourth-order valence-electron chi connectivity index (χ4n) is 2.37. The summed E-state index contributed by atoms with van der Waals surface area (Å²) in [5.74, 6) is 1.95. The van der Waals surface area contributed by atoms with E-state index in [1.54, 1.807) is 6.33 Å². The molecule has 0 bridgehead atoms. The molecule has 3 aromatic rings. The van der Waals surface area contributed by atoms with Crippen molar-refractivity contribution in [3.63, 3.8) is 0 Å². The summed E-state index contributed by atoms with van der Waals surface area (Å²) in [6.07, 6.45) is 9.19. The maximum Gasteiger partial charge on any atom is 0.143 e. The van der Waals surface area contributed by atoms with Gasteiger partial charge in [-0.15, -0.1) is 0 Å². The first kappa shape index (κ1) is 12.7. The molecule has 6 nitrogen and oxygen atoms in total. The third-order valence-corrected chi connectivity index (χ3v) is 3.49. The average molecular weight is 270 g/mol. The third kappa shape index (κ3) is 2.24. The van der Waals surface area contributed by atoms with Gasteiger partial charge < -0.3 is 14.9 Å². The number of aromatic nitrogens is 5. The van der Waals surface area contributed by atoms with Crippen molar-refractivity contribution in [1.82, 2.24) is 24.5 Å². The van der Waals surface area contributed by atoms with Crippen LogP contribution >= 0.6 is 0 Å². The first-order valence-corrected chi connectivity index (χ1v) is 6.80. The number of aromatic amines is 1. The minimum absolute atomic E-state index is 0.797. The van der Waals surface area contributed by atoms with Crippen LogP contribution in [-0.4, -0.2) is 31.0 Å². The molecule has 104 valence electrons. The zero-order chi connectivity index (χ0) is 13.9. The first-order chi connectivity index (χ1) is 9.79. The van der Waals surface area contributed by atoms with E-state index in [1.165, 1.54) is 5.56 Å². The number of hydrogen-bond donors (Lipinski definition) is 2. The molecule has 0 saturated heterocycles. The zero-order valence-corrected chi connectivity index (χ0v) is 11.7. The second-order valence-electron chi connectivity index (χ2n) is 4.74. The Balaban J connectivity index is 1.77. The van der Waals surface area contributed by atoms with Crippen molar-refractivity contribution in [1.29, 1.82) is 0 Å². The Hall–Kier alpha value is -2.37. The molecule has 0 fully saturated rings. The molecule has 3 rings (SSSR count). The Kier molecular flexibility index (Phi) is 3.37. The first-order valence-electron chi connectivity index (χ1n) is 6.80. The predicted octanol–water partition coefficient (Wildman–Crippen LogP) is 1.91. The van der Waals surface area contributed by atoms with Crippen molar-refractivity contribution in [3.05, 3.63) is 36.3 Å². The van der Waals surface area contributed by atoms with E-state index in [4.69, 9.17) is 0 Å². The fraction of sp³-hybridized carbons (Fsp3) is 0.357. The van der Waals surface area contributed by atoms with E-state index >= 15 is 0 Å². The van der Waals surface area contributed by atoms with Crippen molar-refractivity contribution in [2.75, 3.05) is 11.9 Å². The Bertz CT molecular complexity index is 711. The van der Waals surface area contributed by atoms with Gasteiger partial charge in [-0.3, -0.25) is 0 Å². The summed E-state index contributed by atoms with van der Waals surface area (Å²) in [5.41, 5.74) is 2.12. The van der Waals surface area contributed by atoms with Gasteiger partial charge in [0.2, 0.25) is 0 Å². The number of hydrogen-bond acceptors (Lipinski definition) is 4. The lowest BCUT2D eigenvalue weighted by atomic mass is 10.2. The van der Waals surface area contributed by atoms with Crippen molar-refractivity contribution < 1.29 is 0 Å². The van der Waals surface area contributed by atoms with Crippen LogP contribution in [0.3, 0.4) is 0 Å². The van der Waals surface area contributed by atoms with Gasteiger partial charge in [0, 0.05) is 38.6 Å². The van der Waals surface area contributed by atoms with Crippen LogP contribution in [0.25, 0.3) is 11.0 Å². The number of aryl methyl sites for hydroxylation is 2. The molecule has 0 unspecified atom stereocenters. The minimum atomic E-state index is 0.797. The van der Waals surface area contributed by atoms with E-state index < -0.39 is 0 Å². The molecule has 3 aromatic heterocycles. The Morgan fingerprint density at radius 3 is 2.95 bits per heavy atom. The normalized spacial score (nSPS) is 11.1. The molecule has 0 radical (unpaired) electrons. The van der Waals surface area contributed by atoms with Crippen LogP contribution in [0.4, 0.5) is 5.82 Å². The fourth-order valence-corrected chi connectivity index (χ4v) is 2.37. The number of imidazole rings is 1. The average Bonchev–Trinajstić information content (AvgIpc) is 3.06. The summed E-state index contributed by atoms with van der Waals surface area (Å²) in [6.45, 7) is 2.93. The highest BCUT2D eigenvalue weighted by Gasteiger charge is 2.09. The van der Waals surface area contributed by atoms with Crippen molar-refractivity contribution >= 4 is 16.9 Å². The van der Waals surface area contributed by atoms with E-state index in [1.807, 2.05) is 30.2 Å². The highest BCUT2D eigenvalue weighted by atomic mass is 15.1. The van der Waals surface area contributed by atoms with E-state index in [-0.39, 0.29) is 0 Å². The second kappa shape index (κ2) is 5.32. The molecule has 0 atom stereocenters. The van der Waals surface area contributed by atoms with Crippen molar-refractivity contribution in [2.24, 2.45) is 7.05 Å². The van der Waals surface area contributed by atoms with Gasteiger partial charge in [-0.1, -0.05) is 6.92 Å². The van der Waals surface area contributed by atoms with Crippen LogP contribution in [0.5, 0.6) is 0 Å². The number of H-pyrrole nitrogens is 1. The maximum atomic E-state index is 4.36. The lowest BCUT2D eigenvalue weighted by molar-refractivity contribution is 0.788. The van der Waals surface area contributed by atoms with Gasteiger partial charge in [0.1, 0.15) is 23.6 Å². The molecule has 3 heterocycles. The van der Waals surface area contributed by atoms with E-state index in [0.29, 0.717) is 0 Å². The SMILES string of the molecule is CCc1c[nH]c2ncnc(NCCc3nccn3C)c12. The lowest BCUT2D eigenvalue weighted by Crippen LogP contribution is -2.10. The molecule has 0 aromatic carbocycles. The van der Waals surface area contributed by atoms with Crippen LogP contribution in [-0.2, 0) is 19.9 Å².